The molecule has 8 heteroatoms. The Morgan fingerprint density at radius 2 is 1.54 bits per heavy atom. The van der Waals surface area contributed by atoms with E-state index in [9.17, 15) is 30.0 Å². The summed E-state index contributed by atoms with van der Waals surface area (Å²) in [6, 6.07) is 0. The van der Waals surface area contributed by atoms with E-state index in [0.717, 1.165) is 56.9 Å². The molecule has 0 aromatic rings. The fraction of sp³-hybridized carbons (Fsp3) is 0.900. The first-order valence-electron chi connectivity index (χ1n) is 18.9. The minimum atomic E-state index is -1.26. The molecule has 0 radical (unpaired) electrons. The van der Waals surface area contributed by atoms with Gasteiger partial charge in [-0.1, -0.05) is 48.1 Å². The van der Waals surface area contributed by atoms with Crippen molar-refractivity contribution in [1.29, 1.82) is 0 Å². The zero-order valence-corrected chi connectivity index (χ0v) is 30.9. The molecule has 4 N–H and O–H groups in total. The summed E-state index contributed by atoms with van der Waals surface area (Å²) in [5, 5.41) is 41.0. The van der Waals surface area contributed by atoms with Crippen molar-refractivity contribution in [3.8, 4) is 0 Å². The van der Waals surface area contributed by atoms with Gasteiger partial charge in [0.1, 0.15) is 24.1 Å². The van der Waals surface area contributed by atoms with Crippen LogP contribution in [0.2, 0.25) is 0 Å². The van der Waals surface area contributed by atoms with Gasteiger partial charge in [-0.25, -0.2) is 0 Å². The van der Waals surface area contributed by atoms with Crippen LogP contribution in [0.3, 0.4) is 0 Å². The number of aliphatic hydroxyl groups is 3. The number of hydrogen-bond acceptors (Lipinski definition) is 7. The molecule has 0 bridgehead atoms. The number of hydrogen-bond donors (Lipinski definition) is 4. The lowest BCUT2D eigenvalue weighted by molar-refractivity contribution is -0.245. The van der Waals surface area contributed by atoms with E-state index in [1.54, 1.807) is 6.92 Å². The van der Waals surface area contributed by atoms with E-state index in [1.807, 2.05) is 6.92 Å². The van der Waals surface area contributed by atoms with Crippen LogP contribution in [0.1, 0.15) is 126 Å². The monoisotopic (exact) mass is 672 g/mol. The van der Waals surface area contributed by atoms with E-state index in [1.165, 1.54) is 0 Å². The largest absolute Gasteiger partial charge is 0.481 e. The molecule has 272 valence electrons. The van der Waals surface area contributed by atoms with E-state index < -0.39 is 41.9 Å². The van der Waals surface area contributed by atoms with Crippen molar-refractivity contribution >= 4 is 11.8 Å². The number of ether oxygens (including phenoxy) is 2. The molecule has 1 aliphatic heterocycles. The molecule has 0 aromatic heterocycles. The lowest BCUT2D eigenvalue weighted by Crippen LogP contribution is -2.69. The van der Waals surface area contributed by atoms with Gasteiger partial charge in [0.15, 0.2) is 0 Å². The Bertz CT molecular complexity index is 1310. The Labute approximate surface area is 288 Å². The highest BCUT2D eigenvalue weighted by Crippen LogP contribution is 2.76. The van der Waals surface area contributed by atoms with Crippen LogP contribution >= 0.6 is 0 Å². The molecule has 8 nitrogen and oxygen atoms in total. The average Bonchev–Trinajstić information content (AvgIpc) is 3.00. The summed E-state index contributed by atoms with van der Waals surface area (Å²) in [6.45, 7) is 22.5. The molecule has 5 saturated carbocycles. The van der Waals surface area contributed by atoms with Gasteiger partial charge in [0.2, 0.25) is 0 Å². The Hall–Kier alpha value is -1.32. The number of fused-ring (bicyclic) bond motifs is 7. The normalized spacial score (nSPS) is 53.1. The number of Topliss-reactive ketones (excluding diaryl/α,β-unsaturated/α-hetero) is 1. The smallest absolute Gasteiger partial charge is 0.309 e. The van der Waals surface area contributed by atoms with Gasteiger partial charge in [0, 0.05) is 12.3 Å². The van der Waals surface area contributed by atoms with Crippen molar-refractivity contribution < 1.29 is 39.5 Å². The molecular formula is C40H64O8. The second-order valence-electron chi connectivity index (χ2n) is 19.4. The standard InChI is InChI=1S/C40H64O8/c1-22(18-27-31(43)32(44)30(42)23(2)48-27)21-47-29-11-12-38(7)28(35(29,3)4)10-13-40(9)33(38)26(41)19-24-25-20-37(6,34(45)46)15-14-36(25,5)16-17-39(24,40)8/h23-25,27-33,42-44H,1,10-21H2,2-9H3,(H,45,46)/t23-,24?,25?,27-,28?,29?,30?,31?,32?,33-,36+,37-,38-,39+,40+/m0/s1. The molecule has 6 fully saturated rings. The fourth-order valence-corrected chi connectivity index (χ4v) is 13.2. The third-order valence-electron chi connectivity index (χ3n) is 16.5. The van der Waals surface area contributed by atoms with Gasteiger partial charge in [0.05, 0.1) is 30.3 Å². The summed E-state index contributed by atoms with van der Waals surface area (Å²) in [5.74, 6) is 0.501. The summed E-state index contributed by atoms with van der Waals surface area (Å²) in [6.07, 6.45) is 4.48. The molecular weight excluding hydrogens is 608 g/mol. The maximum absolute atomic E-state index is 14.7. The van der Waals surface area contributed by atoms with Crippen molar-refractivity contribution in [2.45, 2.75) is 163 Å². The predicted octanol–water partition coefficient (Wildman–Crippen LogP) is 6.33. The highest BCUT2D eigenvalue weighted by atomic mass is 16.5. The number of carbonyl (C=O) groups excluding carboxylic acids is 1. The topological polar surface area (TPSA) is 134 Å². The van der Waals surface area contributed by atoms with Crippen LogP contribution in [-0.4, -0.2) is 75.4 Å². The van der Waals surface area contributed by atoms with Crippen molar-refractivity contribution in [3.63, 3.8) is 0 Å². The number of ketones is 1. The minimum Gasteiger partial charge on any atom is -0.481 e. The van der Waals surface area contributed by atoms with Crippen LogP contribution in [0, 0.1) is 56.2 Å². The Kier molecular flexibility index (Phi) is 9.01. The molecule has 6 aliphatic rings. The Morgan fingerprint density at radius 1 is 0.875 bits per heavy atom. The first kappa shape index (κ1) is 36.5. The number of aliphatic hydroxyl groups excluding tert-OH is 3. The van der Waals surface area contributed by atoms with E-state index in [-0.39, 0.29) is 50.9 Å². The highest BCUT2D eigenvalue weighted by Gasteiger charge is 2.72. The molecule has 5 aliphatic carbocycles. The van der Waals surface area contributed by atoms with Crippen LogP contribution < -0.4 is 0 Å². The maximum atomic E-state index is 14.7. The van der Waals surface area contributed by atoms with Gasteiger partial charge in [0.25, 0.3) is 0 Å². The summed E-state index contributed by atoms with van der Waals surface area (Å²) in [7, 11) is 0. The second kappa shape index (κ2) is 11.9. The van der Waals surface area contributed by atoms with E-state index in [2.05, 4.69) is 48.1 Å². The number of rotatable bonds is 6. The zero-order chi connectivity index (χ0) is 35.4. The minimum absolute atomic E-state index is 0.00596. The Morgan fingerprint density at radius 3 is 2.21 bits per heavy atom. The van der Waals surface area contributed by atoms with Crippen molar-refractivity contribution in [2.75, 3.05) is 6.61 Å². The predicted molar refractivity (Wildman–Crippen MR) is 183 cm³/mol. The summed E-state index contributed by atoms with van der Waals surface area (Å²) in [5.41, 5.74) is -0.290. The van der Waals surface area contributed by atoms with Crippen molar-refractivity contribution in [3.05, 3.63) is 12.2 Å². The third-order valence-corrected chi connectivity index (χ3v) is 16.5. The van der Waals surface area contributed by atoms with Crippen LogP contribution in [0.25, 0.3) is 0 Å². The quantitative estimate of drug-likeness (QED) is 0.241. The molecule has 0 spiro atoms. The van der Waals surface area contributed by atoms with Gasteiger partial charge in [-0.3, -0.25) is 9.59 Å². The molecule has 1 saturated heterocycles. The van der Waals surface area contributed by atoms with Gasteiger partial charge in [-0.2, -0.15) is 0 Å². The van der Waals surface area contributed by atoms with E-state index in [0.29, 0.717) is 37.6 Å². The number of carbonyl (C=O) groups is 2. The molecule has 1 heterocycles. The summed E-state index contributed by atoms with van der Waals surface area (Å²) < 4.78 is 12.4. The van der Waals surface area contributed by atoms with Crippen molar-refractivity contribution in [2.24, 2.45) is 56.2 Å². The lowest BCUT2D eigenvalue weighted by Gasteiger charge is -2.73. The van der Waals surface area contributed by atoms with Gasteiger partial charge in [-0.05, 0) is 128 Å². The van der Waals surface area contributed by atoms with Gasteiger partial charge >= 0.3 is 5.97 Å². The lowest BCUT2D eigenvalue weighted by atomic mass is 9.31. The number of aliphatic carboxylic acids is 1. The van der Waals surface area contributed by atoms with Gasteiger partial charge < -0.3 is 29.9 Å². The Balaban J connectivity index is 1.19. The van der Waals surface area contributed by atoms with Gasteiger partial charge in [-0.15, -0.1) is 0 Å². The first-order chi connectivity index (χ1) is 22.1. The van der Waals surface area contributed by atoms with Crippen LogP contribution in [0.5, 0.6) is 0 Å². The van der Waals surface area contributed by atoms with Crippen LogP contribution in [0.15, 0.2) is 12.2 Å². The van der Waals surface area contributed by atoms with Crippen LogP contribution in [0.4, 0.5) is 0 Å². The summed E-state index contributed by atoms with van der Waals surface area (Å²) >= 11 is 0. The molecule has 6 rings (SSSR count). The third kappa shape index (κ3) is 5.23. The molecule has 7 unspecified atom stereocenters. The molecule has 48 heavy (non-hydrogen) atoms. The molecule has 15 atom stereocenters. The zero-order valence-electron chi connectivity index (χ0n) is 30.9. The highest BCUT2D eigenvalue weighted by molar-refractivity contribution is 5.85. The van der Waals surface area contributed by atoms with E-state index in [4.69, 9.17) is 9.47 Å². The molecule has 0 aromatic carbocycles. The van der Waals surface area contributed by atoms with E-state index >= 15 is 0 Å². The number of carboxylic acid groups (broad SMARTS) is 1. The molecule has 0 amide bonds. The van der Waals surface area contributed by atoms with Crippen molar-refractivity contribution in [1.82, 2.24) is 0 Å². The SMILES string of the molecule is C=C(COC1CC[C@@]2(C)C(CC[C@]3(C)[C@H]2C(=O)CC2C4C[C@@](C)(C(=O)O)CC[C@]4(C)CC[C@]23C)C1(C)C)C[C@@H]1O[C@@H](C)C(O)C(O)C1O. The van der Waals surface area contributed by atoms with Crippen LogP contribution in [-0.2, 0) is 19.1 Å². The maximum Gasteiger partial charge on any atom is 0.309 e. The first-order valence-corrected chi connectivity index (χ1v) is 18.9. The second-order valence-corrected chi connectivity index (χ2v) is 19.4. The summed E-state index contributed by atoms with van der Waals surface area (Å²) in [4.78, 5) is 27.2. The fourth-order valence-electron chi connectivity index (χ4n) is 13.2. The average molecular weight is 673 g/mol. The number of carboxylic acids is 1.